The van der Waals surface area contributed by atoms with Gasteiger partial charge in [-0.2, -0.15) is 0 Å². The van der Waals surface area contributed by atoms with Crippen molar-refractivity contribution in [1.29, 1.82) is 0 Å². The van der Waals surface area contributed by atoms with Crippen molar-refractivity contribution in [2.75, 3.05) is 6.54 Å². The number of nitrogens with zero attached hydrogens (tertiary/aromatic N) is 1. The largest absolute Gasteiger partial charge is 0.348 e. The number of para-hydroxylation sites is 1. The molecule has 1 aromatic carbocycles. The summed E-state index contributed by atoms with van der Waals surface area (Å²) < 4.78 is 0. The monoisotopic (exact) mass is 319 g/mol. The summed E-state index contributed by atoms with van der Waals surface area (Å²) in [6.45, 7) is 0.495. The van der Waals surface area contributed by atoms with Gasteiger partial charge in [-0.15, -0.1) is 12.4 Å². The van der Waals surface area contributed by atoms with Crippen LogP contribution in [0.4, 0.5) is 0 Å². The van der Waals surface area contributed by atoms with E-state index in [0.717, 1.165) is 23.7 Å². The minimum atomic E-state index is -0.0679. The van der Waals surface area contributed by atoms with Crippen LogP contribution in [-0.2, 0) is 0 Å². The standard InChI is InChI=1S/C17H21N3O.ClH/c18-11-15(12-5-1-2-6-12)20-17(21)14-9-3-7-13-8-4-10-19-16(13)14;/h3-4,7-10,12,15H,1-2,5-6,11,18H2,(H,20,21);1H. The lowest BCUT2D eigenvalue weighted by atomic mass is 9.97. The third-order valence-corrected chi connectivity index (χ3v) is 4.42. The fraction of sp³-hybridized carbons (Fsp3) is 0.412. The average Bonchev–Trinajstić information content (AvgIpc) is 3.06. The smallest absolute Gasteiger partial charge is 0.253 e. The number of hydrogen-bond acceptors (Lipinski definition) is 3. The summed E-state index contributed by atoms with van der Waals surface area (Å²) in [5.41, 5.74) is 7.24. The van der Waals surface area contributed by atoms with E-state index < -0.39 is 0 Å². The fourth-order valence-corrected chi connectivity index (χ4v) is 3.26. The Balaban J connectivity index is 0.00000176. The van der Waals surface area contributed by atoms with Crippen LogP contribution in [0.15, 0.2) is 36.5 Å². The molecule has 1 aromatic heterocycles. The Labute approximate surface area is 136 Å². The highest BCUT2D eigenvalue weighted by Crippen LogP contribution is 2.27. The van der Waals surface area contributed by atoms with Crippen molar-refractivity contribution in [3.8, 4) is 0 Å². The minimum Gasteiger partial charge on any atom is -0.348 e. The van der Waals surface area contributed by atoms with Crippen molar-refractivity contribution < 1.29 is 4.79 Å². The maximum atomic E-state index is 12.6. The van der Waals surface area contributed by atoms with Crippen molar-refractivity contribution >= 4 is 29.2 Å². The van der Waals surface area contributed by atoms with Crippen molar-refractivity contribution in [2.45, 2.75) is 31.7 Å². The van der Waals surface area contributed by atoms with E-state index in [4.69, 9.17) is 5.73 Å². The molecular formula is C17H22ClN3O. The van der Waals surface area contributed by atoms with Crippen molar-refractivity contribution in [3.63, 3.8) is 0 Å². The van der Waals surface area contributed by atoms with Gasteiger partial charge >= 0.3 is 0 Å². The number of halogens is 1. The molecule has 4 nitrogen and oxygen atoms in total. The van der Waals surface area contributed by atoms with E-state index in [1.54, 1.807) is 6.20 Å². The first-order valence-electron chi connectivity index (χ1n) is 7.64. The minimum absolute atomic E-state index is 0. The highest BCUT2D eigenvalue weighted by molar-refractivity contribution is 6.05. The number of rotatable bonds is 4. The Morgan fingerprint density at radius 2 is 2.00 bits per heavy atom. The van der Waals surface area contributed by atoms with Crippen LogP contribution in [0, 0.1) is 5.92 Å². The first kappa shape index (κ1) is 16.7. The van der Waals surface area contributed by atoms with Crippen LogP contribution < -0.4 is 11.1 Å². The SMILES string of the molecule is Cl.NCC(NC(=O)c1cccc2cccnc12)C1CCCC1. The van der Waals surface area contributed by atoms with Gasteiger partial charge in [0, 0.05) is 24.2 Å². The third kappa shape index (κ3) is 3.39. The van der Waals surface area contributed by atoms with E-state index in [0.29, 0.717) is 18.0 Å². The topological polar surface area (TPSA) is 68.0 Å². The molecule has 1 atom stereocenters. The van der Waals surface area contributed by atoms with Gasteiger partial charge in [0.2, 0.25) is 0 Å². The normalized spacial score (nSPS) is 16.2. The molecule has 1 aliphatic rings. The lowest BCUT2D eigenvalue weighted by Crippen LogP contribution is -2.44. The van der Waals surface area contributed by atoms with Gasteiger partial charge in [-0.3, -0.25) is 9.78 Å². The Morgan fingerprint density at radius 3 is 2.73 bits per heavy atom. The van der Waals surface area contributed by atoms with Crippen LogP contribution in [0.2, 0.25) is 0 Å². The Hall–Kier alpha value is -1.65. The van der Waals surface area contributed by atoms with Crippen molar-refractivity contribution in [3.05, 3.63) is 42.1 Å². The molecule has 2 aromatic rings. The summed E-state index contributed by atoms with van der Waals surface area (Å²) in [6, 6.07) is 9.61. The maximum Gasteiger partial charge on any atom is 0.253 e. The number of nitrogens with two attached hydrogens (primary N) is 1. The molecule has 1 unspecified atom stereocenters. The molecule has 3 rings (SSSR count). The van der Waals surface area contributed by atoms with Crippen molar-refractivity contribution in [2.24, 2.45) is 11.7 Å². The van der Waals surface area contributed by atoms with Gasteiger partial charge in [-0.05, 0) is 30.9 Å². The lowest BCUT2D eigenvalue weighted by molar-refractivity contribution is 0.0925. The molecular weight excluding hydrogens is 298 g/mol. The molecule has 0 radical (unpaired) electrons. The summed E-state index contributed by atoms with van der Waals surface area (Å²) in [5.74, 6) is 0.448. The van der Waals surface area contributed by atoms with Gasteiger partial charge in [-0.1, -0.05) is 31.0 Å². The Kier molecular flexibility index (Phi) is 5.75. The van der Waals surface area contributed by atoms with E-state index in [-0.39, 0.29) is 24.4 Å². The van der Waals surface area contributed by atoms with E-state index >= 15 is 0 Å². The van der Waals surface area contributed by atoms with Crippen LogP contribution >= 0.6 is 12.4 Å². The van der Waals surface area contributed by atoms with E-state index in [2.05, 4.69) is 10.3 Å². The van der Waals surface area contributed by atoms with Crippen molar-refractivity contribution in [1.82, 2.24) is 10.3 Å². The number of amides is 1. The molecule has 118 valence electrons. The molecule has 1 aliphatic carbocycles. The number of nitrogens with one attached hydrogen (secondary N) is 1. The molecule has 3 N–H and O–H groups in total. The average molecular weight is 320 g/mol. The third-order valence-electron chi connectivity index (χ3n) is 4.42. The summed E-state index contributed by atoms with van der Waals surface area (Å²) >= 11 is 0. The first-order valence-corrected chi connectivity index (χ1v) is 7.64. The summed E-state index contributed by atoms with van der Waals surface area (Å²) in [4.78, 5) is 16.9. The highest BCUT2D eigenvalue weighted by Gasteiger charge is 2.26. The van der Waals surface area contributed by atoms with Crippen LogP contribution in [0.5, 0.6) is 0 Å². The van der Waals surface area contributed by atoms with E-state index in [1.165, 1.54) is 12.8 Å². The number of carbonyl (C=O) groups excluding carboxylic acids is 1. The molecule has 0 aliphatic heterocycles. The highest BCUT2D eigenvalue weighted by atomic mass is 35.5. The molecule has 22 heavy (non-hydrogen) atoms. The lowest BCUT2D eigenvalue weighted by Gasteiger charge is -2.23. The van der Waals surface area contributed by atoms with Gasteiger partial charge in [0.25, 0.3) is 5.91 Å². The summed E-state index contributed by atoms with van der Waals surface area (Å²) in [6.07, 6.45) is 6.53. The second-order valence-electron chi connectivity index (χ2n) is 5.74. The van der Waals surface area contributed by atoms with Gasteiger partial charge in [-0.25, -0.2) is 0 Å². The Bertz CT molecular complexity index is 635. The van der Waals surface area contributed by atoms with Crippen LogP contribution in [0.3, 0.4) is 0 Å². The van der Waals surface area contributed by atoms with E-state index in [9.17, 15) is 4.79 Å². The zero-order valence-electron chi connectivity index (χ0n) is 12.5. The number of aromatic nitrogens is 1. The maximum absolute atomic E-state index is 12.6. The van der Waals surface area contributed by atoms with Gasteiger partial charge in [0.05, 0.1) is 11.1 Å². The molecule has 1 amide bonds. The summed E-state index contributed by atoms with van der Waals surface area (Å²) in [5, 5.41) is 4.09. The molecule has 0 bridgehead atoms. The second-order valence-corrected chi connectivity index (χ2v) is 5.74. The van der Waals surface area contributed by atoms with Crippen LogP contribution in [0.25, 0.3) is 10.9 Å². The Morgan fingerprint density at radius 1 is 1.27 bits per heavy atom. The zero-order chi connectivity index (χ0) is 14.7. The second kappa shape index (κ2) is 7.56. The number of hydrogen-bond donors (Lipinski definition) is 2. The van der Waals surface area contributed by atoms with Gasteiger partial charge in [0.1, 0.15) is 0 Å². The van der Waals surface area contributed by atoms with Crippen LogP contribution in [0.1, 0.15) is 36.0 Å². The number of benzene rings is 1. The molecule has 1 heterocycles. The molecule has 1 saturated carbocycles. The number of pyridine rings is 1. The quantitative estimate of drug-likeness (QED) is 0.910. The number of fused-ring (bicyclic) bond motifs is 1. The predicted octanol–water partition coefficient (Wildman–Crippen LogP) is 2.90. The first-order chi connectivity index (χ1) is 10.3. The number of carbonyl (C=O) groups is 1. The molecule has 0 saturated heterocycles. The van der Waals surface area contributed by atoms with Crippen LogP contribution in [-0.4, -0.2) is 23.5 Å². The predicted molar refractivity (Wildman–Crippen MR) is 91.3 cm³/mol. The molecule has 5 heteroatoms. The molecule has 0 spiro atoms. The molecule has 1 fully saturated rings. The van der Waals surface area contributed by atoms with Gasteiger partial charge in [0.15, 0.2) is 0 Å². The van der Waals surface area contributed by atoms with E-state index in [1.807, 2.05) is 30.3 Å². The zero-order valence-corrected chi connectivity index (χ0v) is 13.3. The summed E-state index contributed by atoms with van der Waals surface area (Å²) in [7, 11) is 0. The fourth-order valence-electron chi connectivity index (χ4n) is 3.26. The van der Waals surface area contributed by atoms with Gasteiger partial charge < -0.3 is 11.1 Å².